The van der Waals surface area contributed by atoms with Crippen molar-refractivity contribution in [3.8, 4) is 5.75 Å². The lowest BCUT2D eigenvalue weighted by atomic mass is 10.1. The Morgan fingerprint density at radius 3 is 2.53 bits per heavy atom. The van der Waals surface area contributed by atoms with Gasteiger partial charge >= 0.3 is 0 Å². The lowest BCUT2D eigenvalue weighted by Gasteiger charge is -2.22. The summed E-state index contributed by atoms with van der Waals surface area (Å²) in [6.45, 7) is 2.09. The summed E-state index contributed by atoms with van der Waals surface area (Å²) in [5.41, 5.74) is 2.90. The minimum Gasteiger partial charge on any atom is -0.484 e. The van der Waals surface area contributed by atoms with E-state index in [9.17, 15) is 13.2 Å². The monoisotopic (exact) mass is 514 g/mol. The van der Waals surface area contributed by atoms with Crippen molar-refractivity contribution in [3.05, 3.63) is 88.4 Å². The quantitative estimate of drug-likeness (QED) is 0.510. The van der Waals surface area contributed by atoms with Crippen molar-refractivity contribution < 1.29 is 17.9 Å². The first-order valence-corrected chi connectivity index (χ1v) is 12.5. The molecule has 3 aromatic carbocycles. The van der Waals surface area contributed by atoms with Crippen molar-refractivity contribution in [3.63, 3.8) is 0 Å². The van der Waals surface area contributed by atoms with E-state index in [1.54, 1.807) is 17.0 Å². The maximum absolute atomic E-state index is 12.8. The van der Waals surface area contributed by atoms with Crippen LogP contribution in [0.5, 0.6) is 5.75 Å². The Morgan fingerprint density at radius 2 is 1.81 bits per heavy atom. The van der Waals surface area contributed by atoms with Gasteiger partial charge in [0.25, 0.3) is 5.91 Å². The summed E-state index contributed by atoms with van der Waals surface area (Å²) in [4.78, 5) is 14.7. The average molecular weight is 515 g/mol. The molecule has 32 heavy (non-hydrogen) atoms. The first-order chi connectivity index (χ1) is 15.3. The smallest absolute Gasteiger partial charge is 0.265 e. The zero-order valence-corrected chi connectivity index (χ0v) is 19.9. The van der Waals surface area contributed by atoms with Crippen LogP contribution in [-0.4, -0.2) is 27.0 Å². The van der Waals surface area contributed by atoms with Crippen LogP contribution in [0.3, 0.4) is 0 Å². The van der Waals surface area contributed by atoms with E-state index >= 15 is 0 Å². The van der Waals surface area contributed by atoms with Gasteiger partial charge < -0.3 is 9.64 Å². The Labute approximate surface area is 196 Å². The van der Waals surface area contributed by atoms with Gasteiger partial charge in [-0.05, 0) is 66.9 Å². The molecule has 1 amide bonds. The Hall–Kier alpha value is -2.68. The molecular formula is C24H23BrN2O4S. The number of ether oxygens (including phenoxy) is 1. The van der Waals surface area contributed by atoms with Crippen LogP contribution in [-0.2, 0) is 27.8 Å². The summed E-state index contributed by atoms with van der Waals surface area (Å²) in [5.74, 6) is 0.294. The van der Waals surface area contributed by atoms with E-state index in [1.165, 1.54) is 12.1 Å². The highest BCUT2D eigenvalue weighted by Crippen LogP contribution is 2.34. The number of amides is 1. The molecule has 3 aromatic rings. The van der Waals surface area contributed by atoms with Crippen LogP contribution in [0.25, 0.3) is 0 Å². The van der Waals surface area contributed by atoms with Gasteiger partial charge in [-0.25, -0.2) is 13.1 Å². The number of sulfonamides is 1. The van der Waals surface area contributed by atoms with Gasteiger partial charge in [0.15, 0.2) is 6.61 Å². The zero-order chi connectivity index (χ0) is 22.7. The molecule has 0 aliphatic carbocycles. The summed E-state index contributed by atoms with van der Waals surface area (Å²) in [5, 5.41) is 0. The fourth-order valence-corrected chi connectivity index (χ4v) is 5.19. The molecule has 1 heterocycles. The molecule has 0 unspecified atom stereocenters. The van der Waals surface area contributed by atoms with E-state index in [0.29, 0.717) is 5.75 Å². The number of anilines is 1. The van der Waals surface area contributed by atoms with Gasteiger partial charge in [-0.15, -0.1) is 0 Å². The maximum atomic E-state index is 12.8. The van der Waals surface area contributed by atoms with Gasteiger partial charge in [-0.3, -0.25) is 4.79 Å². The molecule has 166 valence electrons. The summed E-state index contributed by atoms with van der Waals surface area (Å²) >= 11 is 3.47. The van der Waals surface area contributed by atoms with Crippen molar-refractivity contribution in [2.75, 3.05) is 11.5 Å². The van der Waals surface area contributed by atoms with Crippen LogP contribution >= 0.6 is 15.9 Å². The number of halogens is 1. The second-order valence-corrected chi connectivity index (χ2v) is 10.3. The van der Waals surface area contributed by atoms with Crippen LogP contribution in [0.4, 0.5) is 5.69 Å². The molecule has 1 aliphatic heterocycles. The van der Waals surface area contributed by atoms with E-state index < -0.39 is 10.0 Å². The second-order valence-electron chi connectivity index (χ2n) is 7.66. The predicted molar refractivity (Wildman–Crippen MR) is 127 cm³/mol. The van der Waals surface area contributed by atoms with Gasteiger partial charge in [-0.2, -0.15) is 0 Å². The third-order valence-electron chi connectivity index (χ3n) is 5.33. The Balaban J connectivity index is 1.36. The van der Waals surface area contributed by atoms with Crippen LogP contribution in [0.15, 0.2) is 82.2 Å². The van der Waals surface area contributed by atoms with Crippen LogP contribution < -0.4 is 14.4 Å². The number of carbonyl (C=O) groups is 1. The third-order valence-corrected chi connectivity index (χ3v) is 7.24. The van der Waals surface area contributed by atoms with E-state index in [0.717, 1.165) is 27.7 Å². The largest absolute Gasteiger partial charge is 0.484 e. The fraction of sp³-hybridized carbons (Fsp3) is 0.208. The maximum Gasteiger partial charge on any atom is 0.265 e. The van der Waals surface area contributed by atoms with Crippen molar-refractivity contribution in [2.45, 2.75) is 30.8 Å². The predicted octanol–water partition coefficient (Wildman–Crippen LogP) is 4.28. The highest BCUT2D eigenvalue weighted by Gasteiger charge is 2.31. The van der Waals surface area contributed by atoms with E-state index in [1.807, 2.05) is 55.5 Å². The Kier molecular flexibility index (Phi) is 6.64. The number of fused-ring (bicyclic) bond motifs is 1. The van der Waals surface area contributed by atoms with Crippen molar-refractivity contribution in [1.29, 1.82) is 0 Å². The molecule has 6 nitrogen and oxygen atoms in total. The lowest BCUT2D eigenvalue weighted by molar-refractivity contribution is -0.120. The molecule has 1 aliphatic rings. The standard InChI is InChI=1S/C24H23BrN2O4S/c1-17-13-19-14-20(25)7-12-23(19)27(17)24(28)16-31-21-8-10-22(11-9-21)32(29,30)26-15-18-5-3-2-4-6-18/h2-12,14,17,26H,13,15-16H2,1H3/t17-/m0/s1. The van der Waals surface area contributed by atoms with Crippen molar-refractivity contribution >= 4 is 37.5 Å². The molecular weight excluding hydrogens is 492 g/mol. The second kappa shape index (κ2) is 9.44. The normalized spacial score (nSPS) is 15.4. The zero-order valence-electron chi connectivity index (χ0n) is 17.5. The number of benzene rings is 3. The first-order valence-electron chi connectivity index (χ1n) is 10.2. The Bertz CT molecular complexity index is 1210. The minimum absolute atomic E-state index is 0.0543. The first kappa shape index (κ1) is 22.5. The van der Waals surface area contributed by atoms with Crippen LogP contribution in [0.1, 0.15) is 18.1 Å². The molecule has 0 spiro atoms. The highest BCUT2D eigenvalue weighted by molar-refractivity contribution is 9.10. The van der Waals surface area contributed by atoms with Gasteiger partial charge in [-0.1, -0.05) is 46.3 Å². The molecule has 0 bridgehead atoms. The number of carbonyl (C=O) groups excluding carboxylic acids is 1. The molecule has 1 N–H and O–H groups in total. The van der Waals surface area contributed by atoms with E-state index in [2.05, 4.69) is 20.7 Å². The number of nitrogens with zero attached hydrogens (tertiary/aromatic N) is 1. The van der Waals surface area contributed by atoms with Gasteiger partial charge in [0, 0.05) is 22.7 Å². The van der Waals surface area contributed by atoms with Crippen LogP contribution in [0.2, 0.25) is 0 Å². The third kappa shape index (κ3) is 5.03. The molecule has 0 saturated heterocycles. The molecule has 0 fully saturated rings. The summed E-state index contributed by atoms with van der Waals surface area (Å²) in [7, 11) is -3.65. The van der Waals surface area contributed by atoms with E-state index in [4.69, 9.17) is 4.74 Å². The minimum atomic E-state index is -3.65. The number of hydrogen-bond acceptors (Lipinski definition) is 4. The van der Waals surface area contributed by atoms with E-state index in [-0.39, 0.29) is 30.0 Å². The molecule has 0 aromatic heterocycles. The number of hydrogen-bond donors (Lipinski definition) is 1. The highest BCUT2D eigenvalue weighted by atomic mass is 79.9. The molecule has 0 radical (unpaired) electrons. The fourth-order valence-electron chi connectivity index (χ4n) is 3.77. The summed E-state index contributed by atoms with van der Waals surface area (Å²) in [6, 6.07) is 21.3. The van der Waals surface area contributed by atoms with Crippen molar-refractivity contribution in [1.82, 2.24) is 4.72 Å². The molecule has 4 rings (SSSR count). The lowest BCUT2D eigenvalue weighted by Crippen LogP contribution is -2.39. The van der Waals surface area contributed by atoms with Crippen molar-refractivity contribution in [2.24, 2.45) is 0 Å². The summed E-state index contributed by atoms with van der Waals surface area (Å²) < 4.78 is 34.3. The number of nitrogens with one attached hydrogen (secondary N) is 1. The number of rotatable bonds is 7. The Morgan fingerprint density at radius 1 is 1.09 bits per heavy atom. The molecule has 8 heteroatoms. The van der Waals surface area contributed by atoms with Gasteiger partial charge in [0.05, 0.1) is 4.90 Å². The topological polar surface area (TPSA) is 75.7 Å². The molecule has 0 saturated carbocycles. The van der Waals surface area contributed by atoms with Crippen LogP contribution in [0, 0.1) is 0 Å². The average Bonchev–Trinajstić information content (AvgIpc) is 3.12. The van der Waals surface area contributed by atoms with Gasteiger partial charge in [0.1, 0.15) is 5.75 Å². The SMILES string of the molecule is C[C@H]1Cc2cc(Br)ccc2N1C(=O)COc1ccc(S(=O)(=O)NCc2ccccc2)cc1. The van der Waals surface area contributed by atoms with Gasteiger partial charge in [0.2, 0.25) is 10.0 Å². The molecule has 1 atom stereocenters. The summed E-state index contributed by atoms with van der Waals surface area (Å²) in [6.07, 6.45) is 0.795.